The molecular weight excluding hydrogens is 214 g/mol. The predicted octanol–water partition coefficient (Wildman–Crippen LogP) is 1.53. The van der Waals surface area contributed by atoms with Crippen molar-refractivity contribution in [1.82, 2.24) is 15.1 Å². The van der Waals surface area contributed by atoms with Crippen molar-refractivity contribution in [3.63, 3.8) is 0 Å². The van der Waals surface area contributed by atoms with E-state index in [2.05, 4.69) is 23.4 Å². The smallest absolute Gasteiger partial charge is 0.0596 e. The number of methoxy groups -OCH3 is 1. The van der Waals surface area contributed by atoms with Crippen LogP contribution in [0.15, 0.2) is 6.07 Å². The molecule has 0 radical (unpaired) electrons. The van der Waals surface area contributed by atoms with Crippen LogP contribution in [0.3, 0.4) is 0 Å². The summed E-state index contributed by atoms with van der Waals surface area (Å²) < 4.78 is 7.01. The standard InChI is InChI=1S/C13H25N3O/c1-5-12(10-14-6-7-17-4)9-13-8-11(2)15-16(13)3/h8,12,14H,5-7,9-10H2,1-4H3. The molecule has 17 heavy (non-hydrogen) atoms. The van der Waals surface area contributed by atoms with Crippen molar-refractivity contribution in [1.29, 1.82) is 0 Å². The third-order valence-corrected chi connectivity index (χ3v) is 3.09. The Hall–Kier alpha value is -0.870. The maximum atomic E-state index is 5.02. The third-order valence-electron chi connectivity index (χ3n) is 3.09. The first-order valence-electron chi connectivity index (χ1n) is 6.36. The Balaban J connectivity index is 2.38. The van der Waals surface area contributed by atoms with Crippen LogP contribution < -0.4 is 5.32 Å². The quantitative estimate of drug-likeness (QED) is 0.699. The van der Waals surface area contributed by atoms with E-state index in [1.165, 1.54) is 12.1 Å². The Morgan fingerprint density at radius 1 is 1.53 bits per heavy atom. The minimum Gasteiger partial charge on any atom is -0.383 e. The van der Waals surface area contributed by atoms with Gasteiger partial charge < -0.3 is 10.1 Å². The second-order valence-electron chi connectivity index (χ2n) is 4.58. The number of ether oxygens (including phenoxy) is 1. The molecule has 0 aromatic carbocycles. The highest BCUT2D eigenvalue weighted by molar-refractivity contribution is 5.09. The van der Waals surface area contributed by atoms with Crippen LogP contribution in [0.4, 0.5) is 0 Å². The van der Waals surface area contributed by atoms with E-state index in [-0.39, 0.29) is 0 Å². The highest BCUT2D eigenvalue weighted by Crippen LogP contribution is 2.12. The molecule has 0 aliphatic rings. The van der Waals surface area contributed by atoms with Gasteiger partial charge in [0.2, 0.25) is 0 Å². The lowest BCUT2D eigenvalue weighted by atomic mass is 10.00. The van der Waals surface area contributed by atoms with Gasteiger partial charge >= 0.3 is 0 Å². The molecule has 4 heteroatoms. The van der Waals surface area contributed by atoms with Crippen molar-refractivity contribution in [3.05, 3.63) is 17.5 Å². The zero-order chi connectivity index (χ0) is 12.7. The molecule has 0 aliphatic heterocycles. The normalized spacial score (nSPS) is 12.9. The van der Waals surface area contributed by atoms with Crippen LogP contribution in [0.1, 0.15) is 24.7 Å². The largest absolute Gasteiger partial charge is 0.383 e. The first-order chi connectivity index (χ1) is 8.17. The van der Waals surface area contributed by atoms with Crippen molar-refractivity contribution >= 4 is 0 Å². The van der Waals surface area contributed by atoms with Crippen molar-refractivity contribution in [2.75, 3.05) is 26.8 Å². The van der Waals surface area contributed by atoms with Crippen LogP contribution in [-0.2, 0) is 18.2 Å². The van der Waals surface area contributed by atoms with Crippen LogP contribution in [0.2, 0.25) is 0 Å². The molecule has 0 bridgehead atoms. The molecule has 4 nitrogen and oxygen atoms in total. The van der Waals surface area contributed by atoms with E-state index in [0.717, 1.165) is 31.8 Å². The summed E-state index contributed by atoms with van der Waals surface area (Å²) in [7, 11) is 3.75. The van der Waals surface area contributed by atoms with E-state index in [0.29, 0.717) is 5.92 Å². The number of nitrogens with one attached hydrogen (secondary N) is 1. The number of rotatable bonds is 8. The monoisotopic (exact) mass is 239 g/mol. The van der Waals surface area contributed by atoms with E-state index >= 15 is 0 Å². The Morgan fingerprint density at radius 2 is 2.29 bits per heavy atom. The number of hydrogen-bond acceptors (Lipinski definition) is 3. The van der Waals surface area contributed by atoms with Gasteiger partial charge in [-0.3, -0.25) is 4.68 Å². The topological polar surface area (TPSA) is 39.1 Å². The molecule has 1 rings (SSSR count). The van der Waals surface area contributed by atoms with Gasteiger partial charge in [0.25, 0.3) is 0 Å². The van der Waals surface area contributed by atoms with Gasteiger partial charge in [0, 0.05) is 26.4 Å². The van der Waals surface area contributed by atoms with Gasteiger partial charge in [-0.1, -0.05) is 13.3 Å². The Labute approximate surface area is 104 Å². The first-order valence-corrected chi connectivity index (χ1v) is 6.36. The van der Waals surface area contributed by atoms with Crippen molar-refractivity contribution in [3.8, 4) is 0 Å². The second kappa shape index (κ2) is 7.45. The second-order valence-corrected chi connectivity index (χ2v) is 4.58. The number of hydrogen-bond donors (Lipinski definition) is 1. The molecule has 1 aromatic heterocycles. The van der Waals surface area contributed by atoms with E-state index in [1.807, 2.05) is 18.7 Å². The van der Waals surface area contributed by atoms with Gasteiger partial charge in [-0.2, -0.15) is 5.10 Å². The summed E-state index contributed by atoms with van der Waals surface area (Å²) in [5, 5.41) is 7.81. The molecular formula is C13H25N3O. The van der Waals surface area contributed by atoms with Crippen molar-refractivity contribution in [2.24, 2.45) is 13.0 Å². The van der Waals surface area contributed by atoms with Crippen LogP contribution in [0.5, 0.6) is 0 Å². The van der Waals surface area contributed by atoms with E-state index in [4.69, 9.17) is 4.74 Å². The molecule has 0 aliphatic carbocycles. The average molecular weight is 239 g/mol. The SMILES string of the molecule is CCC(CNCCOC)Cc1cc(C)nn1C. The molecule has 0 saturated carbocycles. The first kappa shape index (κ1) is 14.2. The summed E-state index contributed by atoms with van der Waals surface area (Å²) in [4.78, 5) is 0. The number of aryl methyl sites for hydroxylation is 2. The maximum Gasteiger partial charge on any atom is 0.0596 e. The summed E-state index contributed by atoms with van der Waals surface area (Å²) in [6.07, 6.45) is 2.28. The maximum absolute atomic E-state index is 5.02. The minimum absolute atomic E-state index is 0.668. The van der Waals surface area contributed by atoms with Crippen LogP contribution in [0, 0.1) is 12.8 Å². The van der Waals surface area contributed by atoms with E-state index in [9.17, 15) is 0 Å². The average Bonchev–Trinajstić information content (AvgIpc) is 2.61. The summed E-state index contributed by atoms with van der Waals surface area (Å²) in [5.74, 6) is 0.668. The Morgan fingerprint density at radius 3 is 2.82 bits per heavy atom. The lowest BCUT2D eigenvalue weighted by Gasteiger charge is -2.15. The Kier molecular flexibility index (Phi) is 6.22. The molecule has 98 valence electrons. The van der Waals surface area contributed by atoms with Crippen LogP contribution >= 0.6 is 0 Å². The lowest BCUT2D eigenvalue weighted by molar-refractivity contribution is 0.197. The molecule has 1 N–H and O–H groups in total. The van der Waals surface area contributed by atoms with Gasteiger partial charge in [-0.25, -0.2) is 0 Å². The third kappa shape index (κ3) is 4.88. The van der Waals surface area contributed by atoms with E-state index < -0.39 is 0 Å². The lowest BCUT2D eigenvalue weighted by Crippen LogP contribution is -2.27. The summed E-state index contributed by atoms with van der Waals surface area (Å²) in [6.45, 7) is 7.04. The van der Waals surface area contributed by atoms with Gasteiger partial charge in [0.1, 0.15) is 0 Å². The Bertz CT molecular complexity index is 322. The zero-order valence-corrected chi connectivity index (χ0v) is 11.5. The molecule has 0 amide bonds. The summed E-state index contributed by atoms with van der Waals surface area (Å²) in [6, 6.07) is 2.18. The molecule has 1 unspecified atom stereocenters. The van der Waals surface area contributed by atoms with Crippen molar-refractivity contribution < 1.29 is 4.74 Å². The molecule has 0 saturated heterocycles. The van der Waals surface area contributed by atoms with Gasteiger partial charge in [-0.05, 0) is 31.9 Å². The highest BCUT2D eigenvalue weighted by Gasteiger charge is 2.10. The molecule has 1 aromatic rings. The fourth-order valence-electron chi connectivity index (χ4n) is 1.99. The molecule has 0 fully saturated rings. The van der Waals surface area contributed by atoms with Crippen molar-refractivity contribution in [2.45, 2.75) is 26.7 Å². The number of aromatic nitrogens is 2. The molecule has 0 spiro atoms. The summed E-state index contributed by atoms with van der Waals surface area (Å²) in [5.41, 5.74) is 2.42. The van der Waals surface area contributed by atoms with E-state index in [1.54, 1.807) is 7.11 Å². The molecule has 1 heterocycles. The fourth-order valence-corrected chi connectivity index (χ4v) is 1.99. The van der Waals surface area contributed by atoms with Gasteiger partial charge in [0.15, 0.2) is 0 Å². The molecule has 1 atom stereocenters. The van der Waals surface area contributed by atoms with Crippen LogP contribution in [0.25, 0.3) is 0 Å². The predicted molar refractivity (Wildman–Crippen MR) is 70.2 cm³/mol. The fraction of sp³-hybridized carbons (Fsp3) is 0.769. The van der Waals surface area contributed by atoms with Gasteiger partial charge in [0.05, 0.1) is 12.3 Å². The summed E-state index contributed by atoms with van der Waals surface area (Å²) >= 11 is 0. The van der Waals surface area contributed by atoms with Crippen LogP contribution in [-0.4, -0.2) is 36.6 Å². The highest BCUT2D eigenvalue weighted by atomic mass is 16.5. The minimum atomic E-state index is 0.668. The zero-order valence-electron chi connectivity index (χ0n) is 11.5. The number of nitrogens with zero attached hydrogens (tertiary/aromatic N) is 2. The van der Waals surface area contributed by atoms with Gasteiger partial charge in [-0.15, -0.1) is 0 Å².